The Morgan fingerprint density at radius 2 is 1.97 bits per heavy atom. The van der Waals surface area contributed by atoms with E-state index in [2.05, 4.69) is 65.2 Å². The fourth-order valence-corrected chi connectivity index (χ4v) is 4.84. The van der Waals surface area contributed by atoms with Crippen molar-refractivity contribution >= 4 is 22.3 Å². The summed E-state index contributed by atoms with van der Waals surface area (Å²) in [7, 11) is 2.15. The topological polar surface area (TPSA) is 67.5 Å². The summed E-state index contributed by atoms with van der Waals surface area (Å²) >= 11 is 0. The fourth-order valence-electron chi connectivity index (χ4n) is 4.84. The summed E-state index contributed by atoms with van der Waals surface area (Å²) < 4.78 is 5.98. The smallest absolute Gasteiger partial charge is 0.318 e. The highest BCUT2D eigenvalue weighted by atomic mass is 16.5. The summed E-state index contributed by atoms with van der Waals surface area (Å²) in [6.45, 7) is 5.54. The van der Waals surface area contributed by atoms with Gasteiger partial charge in [-0.1, -0.05) is 30.3 Å². The zero-order valence-electron chi connectivity index (χ0n) is 17.8. The van der Waals surface area contributed by atoms with Gasteiger partial charge in [-0.25, -0.2) is 0 Å². The van der Waals surface area contributed by atoms with Crippen molar-refractivity contribution in [3.8, 4) is 6.01 Å². The number of anilines is 2. The molecule has 1 fully saturated rings. The van der Waals surface area contributed by atoms with Crippen molar-refractivity contribution < 1.29 is 4.74 Å². The van der Waals surface area contributed by atoms with E-state index in [0.29, 0.717) is 24.5 Å². The number of nitrogens with zero attached hydrogens (tertiary/aromatic N) is 4. The van der Waals surface area contributed by atoms with Gasteiger partial charge in [0.1, 0.15) is 12.4 Å². The molecule has 30 heavy (non-hydrogen) atoms. The highest BCUT2D eigenvalue weighted by Crippen LogP contribution is 2.34. The lowest BCUT2D eigenvalue weighted by molar-refractivity contribution is 0.187. The lowest BCUT2D eigenvalue weighted by Crippen LogP contribution is -2.33. The zero-order valence-corrected chi connectivity index (χ0v) is 17.8. The standard InChI is InChI=1S/C24H29N5O/c1-16-6-3-7-17-8-4-10-21(22(16)17)29-13-11-19-20(14-29)26-24(27-23(19)25)30-15-18-9-5-12-28(18)2/h3-4,6-8,10,18H,5,9,11-15H2,1-2H3,(H2,25,26,27)/t18-/m1/s1. The van der Waals surface area contributed by atoms with Crippen LogP contribution in [-0.4, -0.2) is 47.7 Å². The van der Waals surface area contributed by atoms with Crippen LogP contribution in [0.25, 0.3) is 10.8 Å². The van der Waals surface area contributed by atoms with Gasteiger partial charge in [-0.15, -0.1) is 0 Å². The Labute approximate surface area is 177 Å². The second kappa shape index (κ2) is 7.76. The number of hydrogen-bond acceptors (Lipinski definition) is 6. The van der Waals surface area contributed by atoms with Crippen molar-refractivity contribution in [2.75, 3.05) is 37.4 Å². The Bertz CT molecular complexity index is 1080. The number of likely N-dealkylation sites (tertiary alicyclic amines) is 1. The Balaban J connectivity index is 1.41. The van der Waals surface area contributed by atoms with Crippen LogP contribution in [0, 0.1) is 6.92 Å². The van der Waals surface area contributed by atoms with Gasteiger partial charge in [-0.05, 0) is 56.8 Å². The van der Waals surface area contributed by atoms with Gasteiger partial charge in [-0.2, -0.15) is 9.97 Å². The molecule has 5 rings (SSSR count). The van der Waals surface area contributed by atoms with E-state index in [1.807, 2.05) is 0 Å². The van der Waals surface area contributed by atoms with Gasteiger partial charge < -0.3 is 20.3 Å². The molecular weight excluding hydrogens is 374 g/mol. The van der Waals surface area contributed by atoms with E-state index in [1.165, 1.54) is 28.4 Å². The van der Waals surface area contributed by atoms with Crippen LogP contribution in [0.4, 0.5) is 11.5 Å². The monoisotopic (exact) mass is 403 g/mol. The van der Waals surface area contributed by atoms with Crippen LogP contribution < -0.4 is 15.4 Å². The number of likely N-dealkylation sites (N-methyl/N-ethyl adjacent to an activating group) is 1. The number of nitrogens with two attached hydrogens (primary N) is 1. The maximum Gasteiger partial charge on any atom is 0.318 e. The summed E-state index contributed by atoms with van der Waals surface area (Å²) in [5.74, 6) is 0.559. The molecule has 0 saturated carbocycles. The lowest BCUT2D eigenvalue weighted by atomic mass is 10.00. The largest absolute Gasteiger partial charge is 0.462 e. The molecule has 2 aliphatic rings. The van der Waals surface area contributed by atoms with Crippen molar-refractivity contribution in [2.24, 2.45) is 0 Å². The molecule has 0 spiro atoms. The maximum absolute atomic E-state index is 6.29. The van der Waals surface area contributed by atoms with Crippen LogP contribution in [0.3, 0.4) is 0 Å². The maximum atomic E-state index is 6.29. The third-order valence-corrected chi connectivity index (χ3v) is 6.58. The minimum Gasteiger partial charge on any atom is -0.462 e. The average molecular weight is 404 g/mol. The minimum absolute atomic E-state index is 0.405. The fraction of sp³-hybridized carbons (Fsp3) is 0.417. The van der Waals surface area contributed by atoms with Crippen LogP contribution in [0.1, 0.15) is 29.7 Å². The number of nitrogen functional groups attached to an aromatic ring is 1. The van der Waals surface area contributed by atoms with E-state index in [0.717, 1.165) is 43.7 Å². The van der Waals surface area contributed by atoms with E-state index in [-0.39, 0.29) is 0 Å². The molecule has 3 aromatic rings. The molecule has 0 radical (unpaired) electrons. The molecule has 1 atom stereocenters. The molecule has 3 heterocycles. The van der Waals surface area contributed by atoms with E-state index < -0.39 is 0 Å². The van der Waals surface area contributed by atoms with Crippen LogP contribution in [0.2, 0.25) is 0 Å². The Morgan fingerprint density at radius 1 is 1.13 bits per heavy atom. The average Bonchev–Trinajstić information content (AvgIpc) is 3.16. The molecule has 1 saturated heterocycles. The van der Waals surface area contributed by atoms with Crippen LogP contribution in [0.5, 0.6) is 6.01 Å². The number of ether oxygens (including phenoxy) is 1. The first-order valence-corrected chi connectivity index (χ1v) is 10.8. The lowest BCUT2D eigenvalue weighted by Gasteiger charge is -2.31. The summed E-state index contributed by atoms with van der Waals surface area (Å²) in [6.07, 6.45) is 3.22. The van der Waals surface area contributed by atoms with Crippen molar-refractivity contribution in [2.45, 2.75) is 38.8 Å². The molecule has 0 aliphatic carbocycles. The SMILES string of the molecule is Cc1cccc2cccc(N3CCc4c(N)nc(OC[C@H]5CCCN5C)nc4C3)c12. The van der Waals surface area contributed by atoms with Gasteiger partial charge in [0.05, 0.1) is 12.2 Å². The predicted octanol–water partition coefficient (Wildman–Crippen LogP) is 3.56. The van der Waals surface area contributed by atoms with E-state index in [1.54, 1.807) is 0 Å². The number of fused-ring (bicyclic) bond motifs is 2. The minimum atomic E-state index is 0.405. The predicted molar refractivity (Wildman–Crippen MR) is 121 cm³/mol. The number of benzene rings is 2. The summed E-state index contributed by atoms with van der Waals surface area (Å²) in [6, 6.07) is 13.8. The highest BCUT2D eigenvalue weighted by molar-refractivity contribution is 5.97. The summed E-state index contributed by atoms with van der Waals surface area (Å²) in [4.78, 5) is 13.9. The van der Waals surface area contributed by atoms with E-state index in [9.17, 15) is 0 Å². The summed E-state index contributed by atoms with van der Waals surface area (Å²) in [5.41, 5.74) is 10.9. The van der Waals surface area contributed by atoms with Crippen LogP contribution >= 0.6 is 0 Å². The Hall–Kier alpha value is -2.86. The number of rotatable bonds is 4. The molecule has 156 valence electrons. The third-order valence-electron chi connectivity index (χ3n) is 6.58. The molecule has 2 aliphatic heterocycles. The molecule has 0 amide bonds. The van der Waals surface area contributed by atoms with Gasteiger partial charge >= 0.3 is 6.01 Å². The quantitative estimate of drug-likeness (QED) is 0.719. The number of aryl methyl sites for hydroxylation is 1. The van der Waals surface area contributed by atoms with Crippen molar-refractivity contribution in [1.29, 1.82) is 0 Å². The molecule has 0 bridgehead atoms. The van der Waals surface area contributed by atoms with Crippen molar-refractivity contribution in [1.82, 2.24) is 14.9 Å². The van der Waals surface area contributed by atoms with Gasteiger partial charge in [-0.3, -0.25) is 0 Å². The Morgan fingerprint density at radius 3 is 2.77 bits per heavy atom. The molecule has 0 unspecified atom stereocenters. The molecule has 1 aromatic heterocycles. The molecule has 2 aromatic carbocycles. The first-order valence-electron chi connectivity index (χ1n) is 10.8. The van der Waals surface area contributed by atoms with Crippen molar-refractivity contribution in [3.63, 3.8) is 0 Å². The normalized spacial score (nSPS) is 19.3. The first kappa shape index (κ1) is 19.1. The molecule has 6 heteroatoms. The molecular formula is C24H29N5O. The van der Waals surface area contributed by atoms with Gasteiger partial charge in [0.25, 0.3) is 0 Å². The van der Waals surface area contributed by atoms with E-state index in [4.69, 9.17) is 15.5 Å². The zero-order chi connectivity index (χ0) is 20.7. The second-order valence-corrected chi connectivity index (χ2v) is 8.53. The second-order valence-electron chi connectivity index (χ2n) is 8.53. The molecule has 6 nitrogen and oxygen atoms in total. The van der Waals surface area contributed by atoms with E-state index >= 15 is 0 Å². The van der Waals surface area contributed by atoms with Gasteiger partial charge in [0, 0.05) is 29.2 Å². The first-order chi connectivity index (χ1) is 14.6. The summed E-state index contributed by atoms with van der Waals surface area (Å²) in [5, 5.41) is 2.58. The highest BCUT2D eigenvalue weighted by Gasteiger charge is 2.25. The number of aromatic nitrogens is 2. The van der Waals surface area contributed by atoms with Crippen LogP contribution in [-0.2, 0) is 13.0 Å². The van der Waals surface area contributed by atoms with Crippen LogP contribution in [0.15, 0.2) is 36.4 Å². The van der Waals surface area contributed by atoms with Gasteiger partial charge in [0.2, 0.25) is 0 Å². The Kier molecular flexibility index (Phi) is 4.95. The number of hydrogen-bond donors (Lipinski definition) is 1. The third kappa shape index (κ3) is 3.45. The van der Waals surface area contributed by atoms with Gasteiger partial charge in [0.15, 0.2) is 0 Å². The molecule has 2 N–H and O–H groups in total. The van der Waals surface area contributed by atoms with Crippen molar-refractivity contribution in [3.05, 3.63) is 53.2 Å².